The fraction of sp³-hybridized carbons (Fsp3) is 0.125. The fourth-order valence-electron chi connectivity index (χ4n) is 1.65. The van der Waals surface area contributed by atoms with Gasteiger partial charge < -0.3 is 4.74 Å². The summed E-state index contributed by atoms with van der Waals surface area (Å²) in [4.78, 5) is 0.210. The van der Waals surface area contributed by atoms with Crippen LogP contribution in [0.25, 0.3) is 0 Å². The van der Waals surface area contributed by atoms with Crippen molar-refractivity contribution in [3.8, 4) is 17.6 Å². The van der Waals surface area contributed by atoms with Crippen molar-refractivity contribution in [2.75, 3.05) is 13.7 Å². The Kier molecular flexibility index (Phi) is 5.61. The van der Waals surface area contributed by atoms with Crippen molar-refractivity contribution in [2.45, 2.75) is 4.90 Å². The largest absolute Gasteiger partial charge is 0.497 e. The molecule has 0 aliphatic heterocycles. The average molecular weight is 380 g/mol. The molecule has 4 nitrogen and oxygen atoms in total. The maximum Gasteiger partial charge on any atom is 0.241 e. The Bertz CT molecular complexity index is 788. The van der Waals surface area contributed by atoms with Gasteiger partial charge in [-0.1, -0.05) is 27.8 Å². The Balaban J connectivity index is 1.98. The molecule has 0 aromatic heterocycles. The van der Waals surface area contributed by atoms with Gasteiger partial charge in [-0.3, -0.25) is 0 Å². The van der Waals surface area contributed by atoms with Crippen molar-refractivity contribution in [3.63, 3.8) is 0 Å². The molecule has 0 radical (unpaired) electrons. The van der Waals surface area contributed by atoms with E-state index in [0.717, 1.165) is 15.8 Å². The molecule has 0 bridgehead atoms. The van der Waals surface area contributed by atoms with Gasteiger partial charge in [0.2, 0.25) is 10.0 Å². The van der Waals surface area contributed by atoms with Gasteiger partial charge in [0.25, 0.3) is 0 Å². The summed E-state index contributed by atoms with van der Waals surface area (Å²) in [6, 6.07) is 13.7. The average Bonchev–Trinajstić information content (AvgIpc) is 2.52. The summed E-state index contributed by atoms with van der Waals surface area (Å²) in [5.74, 6) is 6.43. The predicted octanol–water partition coefficient (Wildman–Crippen LogP) is 2.79. The van der Waals surface area contributed by atoms with Gasteiger partial charge in [0, 0.05) is 10.0 Å². The zero-order valence-corrected chi connectivity index (χ0v) is 14.2. The van der Waals surface area contributed by atoms with Crippen LogP contribution in [0.2, 0.25) is 0 Å². The Hall–Kier alpha value is -1.81. The highest BCUT2D eigenvalue weighted by atomic mass is 79.9. The molecule has 0 unspecified atom stereocenters. The van der Waals surface area contributed by atoms with E-state index in [1.807, 2.05) is 12.1 Å². The number of nitrogens with one attached hydrogen (secondary N) is 1. The van der Waals surface area contributed by atoms with Gasteiger partial charge in [0.05, 0.1) is 18.6 Å². The number of rotatable bonds is 4. The molecule has 2 rings (SSSR count). The Morgan fingerprint density at radius 1 is 1.09 bits per heavy atom. The third kappa shape index (κ3) is 4.60. The van der Waals surface area contributed by atoms with E-state index in [1.54, 1.807) is 31.4 Å². The van der Waals surface area contributed by atoms with E-state index in [9.17, 15) is 8.42 Å². The summed E-state index contributed by atoms with van der Waals surface area (Å²) < 4.78 is 32.4. The first kappa shape index (κ1) is 16.6. The lowest BCUT2D eigenvalue weighted by Gasteiger charge is -2.03. The van der Waals surface area contributed by atoms with Crippen LogP contribution in [0.4, 0.5) is 0 Å². The third-order valence-electron chi connectivity index (χ3n) is 2.80. The number of hydrogen-bond acceptors (Lipinski definition) is 3. The Morgan fingerprint density at radius 3 is 2.32 bits per heavy atom. The van der Waals surface area contributed by atoms with Gasteiger partial charge in [-0.05, 0) is 48.5 Å². The number of benzene rings is 2. The molecule has 22 heavy (non-hydrogen) atoms. The van der Waals surface area contributed by atoms with Crippen LogP contribution >= 0.6 is 15.9 Å². The minimum atomic E-state index is -3.54. The van der Waals surface area contributed by atoms with Gasteiger partial charge >= 0.3 is 0 Å². The second-order valence-electron chi connectivity index (χ2n) is 4.31. The lowest BCUT2D eigenvalue weighted by molar-refractivity contribution is 0.415. The summed E-state index contributed by atoms with van der Waals surface area (Å²) in [5.41, 5.74) is 0.795. The van der Waals surface area contributed by atoms with E-state index < -0.39 is 10.0 Å². The maximum absolute atomic E-state index is 12.0. The minimum absolute atomic E-state index is 0.0461. The zero-order valence-electron chi connectivity index (χ0n) is 11.8. The highest BCUT2D eigenvalue weighted by molar-refractivity contribution is 9.10. The third-order valence-corrected chi connectivity index (χ3v) is 4.74. The lowest BCUT2D eigenvalue weighted by Crippen LogP contribution is -2.23. The molecule has 0 amide bonds. The molecule has 0 aliphatic rings. The first-order valence-electron chi connectivity index (χ1n) is 6.39. The molecule has 0 spiro atoms. The number of ether oxygens (including phenoxy) is 1. The normalized spacial score (nSPS) is 10.6. The minimum Gasteiger partial charge on any atom is -0.497 e. The molecule has 0 saturated heterocycles. The van der Waals surface area contributed by atoms with Crippen molar-refractivity contribution in [2.24, 2.45) is 0 Å². The molecule has 6 heteroatoms. The Morgan fingerprint density at radius 2 is 1.73 bits per heavy atom. The summed E-state index contributed by atoms with van der Waals surface area (Å²) >= 11 is 3.27. The number of sulfonamides is 1. The highest BCUT2D eigenvalue weighted by Gasteiger charge is 2.11. The van der Waals surface area contributed by atoms with Crippen LogP contribution in [0.15, 0.2) is 57.9 Å². The molecular formula is C16H14BrNO3S. The van der Waals surface area contributed by atoms with Crippen LogP contribution in [-0.4, -0.2) is 22.1 Å². The lowest BCUT2D eigenvalue weighted by atomic mass is 10.2. The summed E-state index contributed by atoms with van der Waals surface area (Å²) in [7, 11) is -1.94. The first-order chi connectivity index (χ1) is 10.5. The second kappa shape index (κ2) is 7.45. The molecule has 114 valence electrons. The monoisotopic (exact) mass is 379 g/mol. The first-order valence-corrected chi connectivity index (χ1v) is 8.67. The quantitative estimate of drug-likeness (QED) is 0.830. The van der Waals surface area contributed by atoms with Crippen LogP contribution < -0.4 is 9.46 Å². The smallest absolute Gasteiger partial charge is 0.241 e. The molecule has 2 aromatic carbocycles. The van der Waals surface area contributed by atoms with Crippen LogP contribution in [-0.2, 0) is 10.0 Å². The van der Waals surface area contributed by atoms with Gasteiger partial charge in [-0.25, -0.2) is 8.42 Å². The summed E-state index contributed by atoms with van der Waals surface area (Å²) in [6.07, 6.45) is 0. The molecule has 1 N–H and O–H groups in total. The van der Waals surface area contributed by atoms with E-state index in [4.69, 9.17) is 4.74 Å². The SMILES string of the molecule is COc1ccc(C#CCNS(=O)(=O)c2ccc(Br)cc2)cc1. The second-order valence-corrected chi connectivity index (χ2v) is 6.99. The molecule has 0 saturated carbocycles. The fourth-order valence-corrected chi connectivity index (χ4v) is 2.84. The van der Waals surface area contributed by atoms with E-state index >= 15 is 0 Å². The summed E-state index contributed by atoms with van der Waals surface area (Å²) in [6.45, 7) is 0.0461. The van der Waals surface area contributed by atoms with Crippen LogP contribution in [0.5, 0.6) is 5.75 Å². The molecule has 0 fully saturated rings. The van der Waals surface area contributed by atoms with Crippen LogP contribution in [0, 0.1) is 11.8 Å². The number of hydrogen-bond donors (Lipinski definition) is 1. The standard InChI is InChI=1S/C16H14BrNO3S/c1-21-15-8-4-13(5-9-15)3-2-12-18-22(19,20)16-10-6-14(17)7-11-16/h4-11,18H,12H2,1H3. The molecule has 0 heterocycles. The van der Waals surface area contributed by atoms with Gasteiger partial charge in [-0.15, -0.1) is 0 Å². The van der Waals surface area contributed by atoms with Crippen molar-refractivity contribution in [3.05, 3.63) is 58.6 Å². The van der Waals surface area contributed by atoms with Crippen molar-refractivity contribution in [1.29, 1.82) is 0 Å². The van der Waals surface area contributed by atoms with Gasteiger partial charge in [0.1, 0.15) is 5.75 Å². The van der Waals surface area contributed by atoms with Gasteiger partial charge in [0.15, 0.2) is 0 Å². The van der Waals surface area contributed by atoms with Crippen LogP contribution in [0.1, 0.15) is 5.56 Å². The summed E-state index contributed by atoms with van der Waals surface area (Å²) in [5, 5.41) is 0. The predicted molar refractivity (Wildman–Crippen MR) is 89.2 cm³/mol. The van der Waals surface area contributed by atoms with E-state index in [-0.39, 0.29) is 11.4 Å². The van der Waals surface area contributed by atoms with Crippen molar-refractivity contribution >= 4 is 26.0 Å². The van der Waals surface area contributed by atoms with Crippen LogP contribution in [0.3, 0.4) is 0 Å². The van der Waals surface area contributed by atoms with E-state index in [1.165, 1.54) is 12.1 Å². The molecule has 2 aromatic rings. The maximum atomic E-state index is 12.0. The molecule has 0 aliphatic carbocycles. The topological polar surface area (TPSA) is 55.4 Å². The highest BCUT2D eigenvalue weighted by Crippen LogP contribution is 2.14. The number of halogens is 1. The molecular weight excluding hydrogens is 366 g/mol. The zero-order chi connectivity index (χ0) is 16.0. The number of methoxy groups -OCH3 is 1. The van der Waals surface area contributed by atoms with E-state index in [0.29, 0.717) is 0 Å². The van der Waals surface area contributed by atoms with E-state index in [2.05, 4.69) is 32.5 Å². The Labute approximate surface area is 138 Å². The van der Waals surface area contributed by atoms with Gasteiger partial charge in [-0.2, -0.15) is 4.72 Å². The molecule has 0 atom stereocenters. The van der Waals surface area contributed by atoms with Crippen molar-refractivity contribution < 1.29 is 13.2 Å². The van der Waals surface area contributed by atoms with Crippen molar-refractivity contribution in [1.82, 2.24) is 4.72 Å².